The van der Waals surface area contributed by atoms with E-state index in [1.165, 1.54) is 11.3 Å². The fourth-order valence-corrected chi connectivity index (χ4v) is 3.51. The molecule has 1 aliphatic rings. The van der Waals surface area contributed by atoms with Crippen LogP contribution in [0.5, 0.6) is 0 Å². The number of rotatable bonds is 2. The highest BCUT2D eigenvalue weighted by molar-refractivity contribution is 9.10. The number of halogens is 2. The van der Waals surface area contributed by atoms with E-state index in [1.54, 1.807) is 0 Å². The molecule has 2 aromatic rings. The van der Waals surface area contributed by atoms with Crippen LogP contribution < -0.4 is 9.80 Å². The van der Waals surface area contributed by atoms with Gasteiger partial charge < -0.3 is 9.80 Å². The Bertz CT molecular complexity index is 639. The van der Waals surface area contributed by atoms with Crippen LogP contribution in [0.2, 0.25) is 5.02 Å². The van der Waals surface area contributed by atoms with Crippen LogP contribution in [0, 0.1) is 6.92 Å². The highest BCUT2D eigenvalue weighted by Crippen LogP contribution is 2.27. The molecule has 5 heteroatoms. The Kier molecular flexibility index (Phi) is 4.36. The standard InChI is InChI=1S/C16H17BrClN3/c1-12-9-15(17)16(19-11-12)21-7-5-20(6-8-21)14-4-2-3-13(18)10-14/h2-4,9-11H,5-8H2,1H3. The highest BCUT2D eigenvalue weighted by Gasteiger charge is 2.20. The van der Waals surface area contributed by atoms with E-state index in [2.05, 4.69) is 49.8 Å². The Balaban J connectivity index is 1.70. The number of hydrogen-bond donors (Lipinski definition) is 0. The molecule has 0 amide bonds. The number of piperazine rings is 1. The first-order chi connectivity index (χ1) is 10.1. The van der Waals surface area contributed by atoms with Crippen molar-refractivity contribution >= 4 is 39.0 Å². The lowest BCUT2D eigenvalue weighted by Crippen LogP contribution is -2.47. The normalized spacial score (nSPS) is 15.4. The lowest BCUT2D eigenvalue weighted by Gasteiger charge is -2.37. The summed E-state index contributed by atoms with van der Waals surface area (Å²) >= 11 is 9.69. The number of aromatic nitrogens is 1. The topological polar surface area (TPSA) is 19.4 Å². The molecule has 0 atom stereocenters. The van der Waals surface area contributed by atoms with Gasteiger partial charge in [0.25, 0.3) is 0 Å². The van der Waals surface area contributed by atoms with Crippen LogP contribution in [-0.2, 0) is 0 Å². The predicted molar refractivity (Wildman–Crippen MR) is 92.6 cm³/mol. The lowest BCUT2D eigenvalue weighted by atomic mass is 10.2. The Hall–Kier alpha value is -1.26. The summed E-state index contributed by atoms with van der Waals surface area (Å²) in [5, 5.41) is 0.790. The number of pyridine rings is 1. The molecule has 3 nitrogen and oxygen atoms in total. The molecule has 0 saturated carbocycles. The van der Waals surface area contributed by atoms with Crippen molar-refractivity contribution < 1.29 is 0 Å². The predicted octanol–water partition coefficient (Wildman–Crippen LogP) is 4.13. The average molecular weight is 367 g/mol. The van der Waals surface area contributed by atoms with Crippen molar-refractivity contribution in [3.63, 3.8) is 0 Å². The second-order valence-electron chi connectivity index (χ2n) is 5.27. The summed E-state index contributed by atoms with van der Waals surface area (Å²) in [5.74, 6) is 1.03. The zero-order valence-electron chi connectivity index (χ0n) is 11.9. The molecule has 110 valence electrons. The van der Waals surface area contributed by atoms with Gasteiger partial charge in [-0.05, 0) is 52.7 Å². The van der Waals surface area contributed by atoms with Gasteiger partial charge >= 0.3 is 0 Å². The maximum atomic E-state index is 6.07. The quantitative estimate of drug-likeness (QED) is 0.796. The molecule has 21 heavy (non-hydrogen) atoms. The monoisotopic (exact) mass is 365 g/mol. The average Bonchev–Trinajstić information content (AvgIpc) is 2.47. The van der Waals surface area contributed by atoms with Gasteiger partial charge in [0.2, 0.25) is 0 Å². The van der Waals surface area contributed by atoms with Gasteiger partial charge in [0.15, 0.2) is 0 Å². The zero-order chi connectivity index (χ0) is 14.8. The number of hydrogen-bond acceptors (Lipinski definition) is 3. The molecule has 1 aromatic carbocycles. The van der Waals surface area contributed by atoms with Crippen molar-refractivity contribution in [2.75, 3.05) is 36.0 Å². The molecule has 3 rings (SSSR count). The van der Waals surface area contributed by atoms with Crippen LogP contribution in [0.4, 0.5) is 11.5 Å². The van der Waals surface area contributed by atoms with Crippen molar-refractivity contribution in [2.45, 2.75) is 6.92 Å². The summed E-state index contributed by atoms with van der Waals surface area (Å²) in [6.45, 7) is 5.92. The third-order valence-corrected chi connectivity index (χ3v) is 4.53. The molecule has 0 unspecified atom stereocenters. The molecule has 1 fully saturated rings. The largest absolute Gasteiger partial charge is 0.368 e. The van der Waals surface area contributed by atoms with Crippen LogP contribution in [0.15, 0.2) is 41.0 Å². The number of benzene rings is 1. The van der Waals surface area contributed by atoms with Gasteiger partial charge in [0.1, 0.15) is 5.82 Å². The van der Waals surface area contributed by atoms with E-state index in [1.807, 2.05) is 24.4 Å². The number of anilines is 2. The SMILES string of the molecule is Cc1cnc(N2CCN(c3cccc(Cl)c3)CC2)c(Br)c1. The molecular weight excluding hydrogens is 350 g/mol. The zero-order valence-corrected chi connectivity index (χ0v) is 14.2. The third kappa shape index (κ3) is 3.33. The molecule has 0 aliphatic carbocycles. The van der Waals surface area contributed by atoms with Crippen molar-refractivity contribution in [3.8, 4) is 0 Å². The summed E-state index contributed by atoms with van der Waals surface area (Å²) in [6.07, 6.45) is 1.92. The molecule has 1 aromatic heterocycles. The maximum absolute atomic E-state index is 6.07. The fourth-order valence-electron chi connectivity index (χ4n) is 2.61. The first kappa shape index (κ1) is 14.7. The van der Waals surface area contributed by atoms with E-state index in [4.69, 9.17) is 11.6 Å². The molecule has 0 radical (unpaired) electrons. The van der Waals surface area contributed by atoms with Crippen molar-refractivity contribution in [2.24, 2.45) is 0 Å². The van der Waals surface area contributed by atoms with Crippen molar-refractivity contribution in [3.05, 3.63) is 51.6 Å². The third-order valence-electron chi connectivity index (χ3n) is 3.71. The van der Waals surface area contributed by atoms with Gasteiger partial charge in [-0.3, -0.25) is 0 Å². The second kappa shape index (κ2) is 6.24. The van der Waals surface area contributed by atoms with Gasteiger partial charge in [-0.25, -0.2) is 4.98 Å². The van der Waals surface area contributed by atoms with Crippen molar-refractivity contribution in [1.82, 2.24) is 4.98 Å². The Morgan fingerprint density at radius 1 is 1.10 bits per heavy atom. The number of aryl methyl sites for hydroxylation is 1. The van der Waals surface area contributed by atoms with Crippen LogP contribution in [0.25, 0.3) is 0 Å². The molecule has 0 bridgehead atoms. The summed E-state index contributed by atoms with van der Waals surface area (Å²) < 4.78 is 1.07. The van der Waals surface area contributed by atoms with E-state index < -0.39 is 0 Å². The van der Waals surface area contributed by atoms with Crippen LogP contribution in [0.3, 0.4) is 0 Å². The highest BCUT2D eigenvalue weighted by atomic mass is 79.9. The Morgan fingerprint density at radius 2 is 1.81 bits per heavy atom. The molecular formula is C16H17BrClN3. The van der Waals surface area contributed by atoms with E-state index in [-0.39, 0.29) is 0 Å². The van der Waals surface area contributed by atoms with Crippen LogP contribution in [0.1, 0.15) is 5.56 Å². The summed E-state index contributed by atoms with van der Waals surface area (Å²) in [5.41, 5.74) is 2.36. The maximum Gasteiger partial charge on any atom is 0.142 e. The Labute approximate surface area is 138 Å². The lowest BCUT2D eigenvalue weighted by molar-refractivity contribution is 0.646. The fraction of sp³-hybridized carbons (Fsp3) is 0.312. The molecule has 0 spiro atoms. The summed E-state index contributed by atoms with van der Waals surface area (Å²) in [4.78, 5) is 9.24. The van der Waals surface area contributed by atoms with E-state index in [0.717, 1.165) is 41.5 Å². The van der Waals surface area contributed by atoms with Gasteiger partial charge in [0.05, 0.1) is 4.47 Å². The molecule has 1 saturated heterocycles. The summed E-state index contributed by atoms with van der Waals surface area (Å²) in [6, 6.07) is 10.2. The smallest absolute Gasteiger partial charge is 0.142 e. The van der Waals surface area contributed by atoms with E-state index in [9.17, 15) is 0 Å². The van der Waals surface area contributed by atoms with Crippen LogP contribution in [-0.4, -0.2) is 31.2 Å². The first-order valence-electron chi connectivity index (χ1n) is 7.01. The molecule has 0 N–H and O–H groups in total. The Morgan fingerprint density at radius 3 is 2.48 bits per heavy atom. The minimum Gasteiger partial charge on any atom is -0.368 e. The van der Waals surface area contributed by atoms with Gasteiger partial charge in [-0.1, -0.05) is 17.7 Å². The van der Waals surface area contributed by atoms with Gasteiger partial charge in [-0.2, -0.15) is 0 Å². The first-order valence-corrected chi connectivity index (χ1v) is 8.18. The second-order valence-corrected chi connectivity index (χ2v) is 6.56. The van der Waals surface area contributed by atoms with E-state index >= 15 is 0 Å². The van der Waals surface area contributed by atoms with E-state index in [0.29, 0.717) is 0 Å². The van der Waals surface area contributed by atoms with Crippen molar-refractivity contribution in [1.29, 1.82) is 0 Å². The summed E-state index contributed by atoms with van der Waals surface area (Å²) in [7, 11) is 0. The molecule has 2 heterocycles. The van der Waals surface area contributed by atoms with Gasteiger partial charge in [0, 0.05) is 43.1 Å². The molecule has 1 aliphatic heterocycles. The van der Waals surface area contributed by atoms with Gasteiger partial charge in [-0.15, -0.1) is 0 Å². The minimum atomic E-state index is 0.790. The minimum absolute atomic E-state index is 0.790. The number of nitrogens with zero attached hydrogens (tertiary/aromatic N) is 3. The van der Waals surface area contributed by atoms with Crippen LogP contribution >= 0.6 is 27.5 Å².